The van der Waals surface area contributed by atoms with Gasteiger partial charge in [0.05, 0.1) is 12.7 Å². The van der Waals surface area contributed by atoms with E-state index in [1.54, 1.807) is 7.11 Å². The molecule has 0 aromatic heterocycles. The van der Waals surface area contributed by atoms with E-state index >= 15 is 0 Å². The minimum atomic E-state index is -0.484. The molecule has 1 N–H and O–H groups in total. The molecule has 0 aromatic rings. The predicted molar refractivity (Wildman–Crippen MR) is 66.2 cm³/mol. The van der Waals surface area contributed by atoms with E-state index in [0.29, 0.717) is 12.5 Å². The first-order valence-electron chi connectivity index (χ1n) is 5.79. The van der Waals surface area contributed by atoms with Crippen molar-refractivity contribution in [3.8, 4) is 6.07 Å². The normalized spacial score (nSPS) is 15.1. The molecule has 0 aliphatic heterocycles. The number of ether oxygens (including phenoxy) is 1. The summed E-state index contributed by atoms with van der Waals surface area (Å²) in [7, 11) is 3.53. The smallest absolute Gasteiger partial charge is 0.116 e. The topological polar surface area (TPSA) is 48.3 Å². The first kappa shape index (κ1) is 15.4. The van der Waals surface area contributed by atoms with Crippen LogP contribution in [-0.4, -0.2) is 50.8 Å². The summed E-state index contributed by atoms with van der Waals surface area (Å²) in [5, 5.41) is 12.2. The first-order chi connectivity index (χ1) is 7.47. The highest BCUT2D eigenvalue weighted by Gasteiger charge is 2.24. The third-order valence-electron chi connectivity index (χ3n) is 2.57. The van der Waals surface area contributed by atoms with Gasteiger partial charge < -0.3 is 10.1 Å². The number of nitriles is 1. The lowest BCUT2D eigenvalue weighted by Crippen LogP contribution is -2.50. The van der Waals surface area contributed by atoms with Crippen LogP contribution in [0.15, 0.2) is 0 Å². The summed E-state index contributed by atoms with van der Waals surface area (Å²) in [6.45, 7) is 9.58. The van der Waals surface area contributed by atoms with E-state index in [2.05, 4.69) is 30.1 Å². The van der Waals surface area contributed by atoms with Crippen molar-refractivity contribution in [2.24, 2.45) is 5.92 Å². The van der Waals surface area contributed by atoms with E-state index in [1.807, 2.05) is 14.0 Å². The van der Waals surface area contributed by atoms with Gasteiger partial charge in [-0.05, 0) is 19.9 Å². The molecular formula is C12H25N3O. The van der Waals surface area contributed by atoms with Crippen LogP contribution in [-0.2, 0) is 4.74 Å². The van der Waals surface area contributed by atoms with E-state index in [1.165, 1.54) is 0 Å². The van der Waals surface area contributed by atoms with Crippen LogP contribution in [0.2, 0.25) is 0 Å². The molecule has 0 radical (unpaired) electrons. The van der Waals surface area contributed by atoms with Gasteiger partial charge in [0.1, 0.15) is 5.54 Å². The minimum absolute atomic E-state index is 0.484. The van der Waals surface area contributed by atoms with E-state index in [9.17, 15) is 0 Å². The Balaban J connectivity index is 4.34. The molecule has 0 heterocycles. The maximum atomic E-state index is 9.12. The molecule has 0 saturated carbocycles. The second kappa shape index (κ2) is 7.61. The second-order valence-corrected chi connectivity index (χ2v) is 4.82. The average molecular weight is 227 g/mol. The lowest BCUT2D eigenvalue weighted by molar-refractivity contribution is 0.127. The molecule has 1 atom stereocenters. The Morgan fingerprint density at radius 2 is 2.12 bits per heavy atom. The zero-order chi connectivity index (χ0) is 12.6. The standard InChI is InChI=1S/C12H25N3O/c1-11(2)8-15(6-7-16-5)10-12(3,9-13)14-4/h11,14H,6-8,10H2,1-5H3. The SMILES string of the molecule is CNC(C)(C#N)CN(CCOC)CC(C)C. The van der Waals surface area contributed by atoms with Crippen LogP contribution < -0.4 is 5.32 Å². The minimum Gasteiger partial charge on any atom is -0.383 e. The number of hydrogen-bond donors (Lipinski definition) is 1. The Labute approximate surface area is 99.6 Å². The Morgan fingerprint density at radius 3 is 2.50 bits per heavy atom. The van der Waals surface area contributed by atoms with Crippen molar-refractivity contribution >= 4 is 0 Å². The van der Waals surface area contributed by atoms with Crippen molar-refractivity contribution in [3.63, 3.8) is 0 Å². The van der Waals surface area contributed by atoms with Crippen LogP contribution in [0.3, 0.4) is 0 Å². The van der Waals surface area contributed by atoms with Crippen molar-refractivity contribution < 1.29 is 4.74 Å². The molecule has 0 saturated heterocycles. The van der Waals surface area contributed by atoms with Crippen LogP contribution in [0, 0.1) is 17.2 Å². The van der Waals surface area contributed by atoms with Gasteiger partial charge in [-0.15, -0.1) is 0 Å². The van der Waals surface area contributed by atoms with Crippen molar-refractivity contribution in [1.29, 1.82) is 5.26 Å². The Hall–Kier alpha value is -0.630. The summed E-state index contributed by atoms with van der Waals surface area (Å²) in [4.78, 5) is 2.27. The highest BCUT2D eigenvalue weighted by molar-refractivity contribution is 5.05. The number of methoxy groups -OCH3 is 1. The van der Waals surface area contributed by atoms with E-state index in [-0.39, 0.29) is 0 Å². The van der Waals surface area contributed by atoms with Gasteiger partial charge in [-0.3, -0.25) is 4.90 Å². The number of nitrogens with zero attached hydrogens (tertiary/aromatic N) is 2. The highest BCUT2D eigenvalue weighted by atomic mass is 16.5. The van der Waals surface area contributed by atoms with Crippen LogP contribution >= 0.6 is 0 Å². The molecule has 0 aromatic carbocycles. The Kier molecular flexibility index (Phi) is 7.31. The van der Waals surface area contributed by atoms with Gasteiger partial charge in [0, 0.05) is 26.7 Å². The fourth-order valence-corrected chi connectivity index (χ4v) is 1.59. The fourth-order valence-electron chi connectivity index (χ4n) is 1.59. The summed E-state index contributed by atoms with van der Waals surface area (Å²) in [6.07, 6.45) is 0. The Morgan fingerprint density at radius 1 is 1.50 bits per heavy atom. The summed E-state index contributed by atoms with van der Waals surface area (Å²) in [5.74, 6) is 0.594. The molecule has 0 amide bonds. The number of likely N-dealkylation sites (N-methyl/N-ethyl adjacent to an activating group) is 1. The molecule has 0 spiro atoms. The van der Waals surface area contributed by atoms with Gasteiger partial charge in [-0.25, -0.2) is 0 Å². The van der Waals surface area contributed by atoms with E-state index in [0.717, 1.165) is 19.6 Å². The lowest BCUT2D eigenvalue weighted by Gasteiger charge is -2.31. The number of hydrogen-bond acceptors (Lipinski definition) is 4. The van der Waals surface area contributed by atoms with Crippen LogP contribution in [0.4, 0.5) is 0 Å². The second-order valence-electron chi connectivity index (χ2n) is 4.82. The molecular weight excluding hydrogens is 202 g/mol. The van der Waals surface area contributed by atoms with Gasteiger partial charge in [0.2, 0.25) is 0 Å². The molecule has 16 heavy (non-hydrogen) atoms. The molecule has 0 rings (SSSR count). The van der Waals surface area contributed by atoms with Gasteiger partial charge >= 0.3 is 0 Å². The van der Waals surface area contributed by atoms with Crippen LogP contribution in [0.5, 0.6) is 0 Å². The van der Waals surface area contributed by atoms with Crippen molar-refractivity contribution in [2.45, 2.75) is 26.3 Å². The van der Waals surface area contributed by atoms with Crippen molar-refractivity contribution in [2.75, 3.05) is 40.4 Å². The Bertz CT molecular complexity index is 225. The van der Waals surface area contributed by atoms with Gasteiger partial charge in [-0.1, -0.05) is 13.8 Å². The highest BCUT2D eigenvalue weighted by Crippen LogP contribution is 2.07. The third kappa shape index (κ3) is 6.06. The zero-order valence-corrected chi connectivity index (χ0v) is 11.2. The third-order valence-corrected chi connectivity index (χ3v) is 2.57. The predicted octanol–water partition coefficient (Wildman–Crippen LogP) is 1.09. The maximum Gasteiger partial charge on any atom is 0.116 e. The summed E-state index contributed by atoms with van der Waals surface area (Å²) in [6, 6.07) is 2.31. The maximum absolute atomic E-state index is 9.12. The largest absolute Gasteiger partial charge is 0.383 e. The molecule has 4 nitrogen and oxygen atoms in total. The van der Waals surface area contributed by atoms with Crippen LogP contribution in [0.1, 0.15) is 20.8 Å². The zero-order valence-electron chi connectivity index (χ0n) is 11.2. The van der Waals surface area contributed by atoms with Gasteiger partial charge in [-0.2, -0.15) is 5.26 Å². The van der Waals surface area contributed by atoms with Crippen molar-refractivity contribution in [3.05, 3.63) is 0 Å². The molecule has 0 aliphatic carbocycles. The average Bonchev–Trinajstić information content (AvgIpc) is 2.25. The summed E-state index contributed by atoms with van der Waals surface area (Å²) in [5.41, 5.74) is -0.484. The molecule has 0 aliphatic rings. The summed E-state index contributed by atoms with van der Waals surface area (Å²) >= 11 is 0. The summed E-state index contributed by atoms with van der Waals surface area (Å²) < 4.78 is 5.09. The van der Waals surface area contributed by atoms with E-state index < -0.39 is 5.54 Å². The van der Waals surface area contributed by atoms with Crippen molar-refractivity contribution in [1.82, 2.24) is 10.2 Å². The lowest BCUT2D eigenvalue weighted by atomic mass is 10.0. The molecule has 1 unspecified atom stereocenters. The first-order valence-corrected chi connectivity index (χ1v) is 5.79. The monoisotopic (exact) mass is 227 g/mol. The molecule has 4 heteroatoms. The fraction of sp³-hybridized carbons (Fsp3) is 0.917. The quantitative estimate of drug-likeness (QED) is 0.674. The molecule has 0 fully saturated rings. The molecule has 0 bridgehead atoms. The van der Waals surface area contributed by atoms with Gasteiger partial charge in [0.25, 0.3) is 0 Å². The number of nitrogens with one attached hydrogen (secondary N) is 1. The number of rotatable bonds is 8. The van der Waals surface area contributed by atoms with Crippen LogP contribution in [0.25, 0.3) is 0 Å². The van der Waals surface area contributed by atoms with Gasteiger partial charge in [0.15, 0.2) is 0 Å². The van der Waals surface area contributed by atoms with E-state index in [4.69, 9.17) is 10.00 Å². The molecule has 94 valence electrons.